The molecular formula is C20H23N3O3. The molecule has 0 atom stereocenters. The van der Waals surface area contributed by atoms with Gasteiger partial charge >= 0.3 is 0 Å². The van der Waals surface area contributed by atoms with Crippen LogP contribution >= 0.6 is 0 Å². The van der Waals surface area contributed by atoms with Gasteiger partial charge in [-0.25, -0.2) is 4.98 Å². The second kappa shape index (κ2) is 6.94. The molecule has 136 valence electrons. The van der Waals surface area contributed by atoms with Gasteiger partial charge in [-0.05, 0) is 30.5 Å². The van der Waals surface area contributed by atoms with Gasteiger partial charge in [-0.3, -0.25) is 9.59 Å². The quantitative estimate of drug-likeness (QED) is 0.913. The molecule has 26 heavy (non-hydrogen) atoms. The maximum atomic E-state index is 12.5. The Morgan fingerprint density at radius 1 is 1.31 bits per heavy atom. The largest absolute Gasteiger partial charge is 0.497 e. The molecule has 6 heteroatoms. The molecule has 0 unspecified atom stereocenters. The minimum absolute atomic E-state index is 0.121. The first-order chi connectivity index (χ1) is 12.6. The van der Waals surface area contributed by atoms with E-state index in [1.165, 1.54) is 0 Å². The Bertz CT molecular complexity index is 869. The summed E-state index contributed by atoms with van der Waals surface area (Å²) >= 11 is 0. The molecule has 0 saturated heterocycles. The Labute approximate surface area is 152 Å². The Morgan fingerprint density at radius 2 is 2.08 bits per heavy atom. The summed E-state index contributed by atoms with van der Waals surface area (Å²) in [6.45, 7) is 1.04. The van der Waals surface area contributed by atoms with Gasteiger partial charge in [0.1, 0.15) is 11.6 Å². The minimum Gasteiger partial charge on any atom is -0.497 e. The first-order valence-corrected chi connectivity index (χ1v) is 9.16. The summed E-state index contributed by atoms with van der Waals surface area (Å²) in [6.07, 6.45) is 4.32. The van der Waals surface area contributed by atoms with Crippen LogP contribution in [0.25, 0.3) is 0 Å². The van der Waals surface area contributed by atoms with E-state index < -0.39 is 0 Å². The van der Waals surface area contributed by atoms with Crippen molar-refractivity contribution >= 4 is 5.91 Å². The summed E-state index contributed by atoms with van der Waals surface area (Å²) in [5.74, 6) is 1.83. The zero-order valence-electron chi connectivity index (χ0n) is 15.0. The Morgan fingerprint density at radius 3 is 2.73 bits per heavy atom. The number of hydrogen-bond donors (Lipinski definition) is 1. The van der Waals surface area contributed by atoms with Crippen LogP contribution in [0.4, 0.5) is 0 Å². The van der Waals surface area contributed by atoms with Crippen LogP contribution in [0, 0.1) is 5.92 Å². The fourth-order valence-electron chi connectivity index (χ4n) is 3.60. The SMILES string of the molecule is COc1ccc(Cc2nc3c(c(=O)[nH]2)CN(C(=O)C2CCC2)CC3)cc1. The lowest BCUT2D eigenvalue weighted by molar-refractivity contribution is -0.139. The molecule has 2 aliphatic rings. The lowest BCUT2D eigenvalue weighted by Gasteiger charge is -2.34. The van der Waals surface area contributed by atoms with Crippen molar-refractivity contribution in [2.75, 3.05) is 13.7 Å². The van der Waals surface area contributed by atoms with Crippen molar-refractivity contribution in [1.29, 1.82) is 0 Å². The van der Waals surface area contributed by atoms with Crippen molar-refractivity contribution in [3.05, 3.63) is 57.3 Å². The average Bonchev–Trinajstić information content (AvgIpc) is 2.60. The molecule has 1 aliphatic carbocycles. The van der Waals surface area contributed by atoms with Gasteiger partial charge in [0.15, 0.2) is 0 Å². The van der Waals surface area contributed by atoms with E-state index in [0.717, 1.165) is 36.3 Å². The fourth-order valence-corrected chi connectivity index (χ4v) is 3.60. The molecule has 0 spiro atoms. The van der Waals surface area contributed by atoms with Crippen LogP contribution in [0.2, 0.25) is 0 Å². The smallest absolute Gasteiger partial charge is 0.256 e. The van der Waals surface area contributed by atoms with Crippen molar-refractivity contribution < 1.29 is 9.53 Å². The van der Waals surface area contributed by atoms with Crippen LogP contribution in [0.3, 0.4) is 0 Å². The van der Waals surface area contributed by atoms with Crippen LogP contribution in [0.15, 0.2) is 29.1 Å². The number of fused-ring (bicyclic) bond motifs is 1. The van der Waals surface area contributed by atoms with E-state index in [-0.39, 0.29) is 17.4 Å². The van der Waals surface area contributed by atoms with Gasteiger partial charge in [0.2, 0.25) is 5.91 Å². The molecule has 6 nitrogen and oxygen atoms in total. The average molecular weight is 353 g/mol. The standard InChI is InChI=1S/C20H23N3O3/c1-26-15-7-5-13(6-8-15)11-18-21-17-9-10-23(12-16(17)19(24)22-18)20(25)14-3-2-4-14/h5-8,14H,2-4,9-12H2,1H3,(H,21,22,24). The van der Waals surface area contributed by atoms with E-state index in [2.05, 4.69) is 9.97 Å². The van der Waals surface area contributed by atoms with Crippen molar-refractivity contribution in [1.82, 2.24) is 14.9 Å². The highest BCUT2D eigenvalue weighted by atomic mass is 16.5. The number of aromatic nitrogens is 2. The van der Waals surface area contributed by atoms with Gasteiger partial charge in [-0.1, -0.05) is 18.6 Å². The number of rotatable bonds is 4. The number of carbonyl (C=O) groups excluding carboxylic acids is 1. The van der Waals surface area contributed by atoms with Gasteiger partial charge in [0.05, 0.1) is 24.9 Å². The molecule has 1 fully saturated rings. The highest BCUT2D eigenvalue weighted by Crippen LogP contribution is 2.29. The van der Waals surface area contributed by atoms with Crippen molar-refractivity contribution in [3.8, 4) is 5.75 Å². The van der Waals surface area contributed by atoms with Crippen LogP contribution in [0.1, 0.15) is 41.9 Å². The molecule has 2 aromatic rings. The van der Waals surface area contributed by atoms with E-state index in [0.29, 0.717) is 37.3 Å². The molecule has 4 rings (SSSR count). The number of nitrogens with one attached hydrogen (secondary N) is 1. The van der Waals surface area contributed by atoms with Crippen LogP contribution in [-0.4, -0.2) is 34.4 Å². The number of aromatic amines is 1. The van der Waals surface area contributed by atoms with Crippen LogP contribution in [0.5, 0.6) is 5.75 Å². The number of ether oxygens (including phenoxy) is 1. The minimum atomic E-state index is -0.121. The van der Waals surface area contributed by atoms with Crippen LogP contribution in [-0.2, 0) is 24.2 Å². The topological polar surface area (TPSA) is 75.3 Å². The Kier molecular flexibility index (Phi) is 4.49. The van der Waals surface area contributed by atoms with Gasteiger partial charge < -0.3 is 14.6 Å². The number of H-pyrrole nitrogens is 1. The van der Waals surface area contributed by atoms with E-state index in [4.69, 9.17) is 4.74 Å². The lowest BCUT2D eigenvalue weighted by Crippen LogP contribution is -2.44. The van der Waals surface area contributed by atoms with Gasteiger partial charge in [0, 0.05) is 25.3 Å². The normalized spacial score (nSPS) is 16.7. The van der Waals surface area contributed by atoms with E-state index in [9.17, 15) is 9.59 Å². The van der Waals surface area contributed by atoms with E-state index >= 15 is 0 Å². The highest BCUT2D eigenvalue weighted by Gasteiger charge is 2.32. The van der Waals surface area contributed by atoms with Gasteiger partial charge in [-0.15, -0.1) is 0 Å². The Balaban J connectivity index is 1.51. The zero-order chi connectivity index (χ0) is 18.1. The molecule has 1 aromatic heterocycles. The summed E-state index contributed by atoms with van der Waals surface area (Å²) in [5.41, 5.74) is 2.41. The molecule has 1 aliphatic heterocycles. The zero-order valence-corrected chi connectivity index (χ0v) is 15.0. The van der Waals surface area contributed by atoms with E-state index in [1.54, 1.807) is 7.11 Å². The third-order valence-electron chi connectivity index (χ3n) is 5.41. The third-order valence-corrected chi connectivity index (χ3v) is 5.41. The molecule has 1 amide bonds. The summed E-state index contributed by atoms with van der Waals surface area (Å²) in [5, 5.41) is 0. The predicted octanol–water partition coefficient (Wildman–Crippen LogP) is 2.05. The number of nitrogens with zero attached hydrogens (tertiary/aromatic N) is 2. The number of hydrogen-bond acceptors (Lipinski definition) is 4. The molecule has 1 N–H and O–H groups in total. The lowest BCUT2D eigenvalue weighted by atomic mass is 9.84. The maximum Gasteiger partial charge on any atom is 0.256 e. The number of carbonyl (C=O) groups is 1. The van der Waals surface area contributed by atoms with Gasteiger partial charge in [-0.2, -0.15) is 0 Å². The van der Waals surface area contributed by atoms with Crippen molar-refractivity contribution in [2.45, 2.75) is 38.6 Å². The predicted molar refractivity (Wildman–Crippen MR) is 97.1 cm³/mol. The second-order valence-electron chi connectivity index (χ2n) is 7.10. The highest BCUT2D eigenvalue weighted by molar-refractivity contribution is 5.79. The van der Waals surface area contributed by atoms with E-state index in [1.807, 2.05) is 29.2 Å². The number of amides is 1. The summed E-state index contributed by atoms with van der Waals surface area (Å²) in [4.78, 5) is 34.4. The molecule has 2 heterocycles. The molecule has 1 saturated carbocycles. The van der Waals surface area contributed by atoms with Crippen molar-refractivity contribution in [3.63, 3.8) is 0 Å². The second-order valence-corrected chi connectivity index (χ2v) is 7.10. The monoisotopic (exact) mass is 353 g/mol. The first kappa shape index (κ1) is 16.8. The molecule has 0 bridgehead atoms. The third kappa shape index (κ3) is 3.23. The molecular weight excluding hydrogens is 330 g/mol. The van der Waals surface area contributed by atoms with Crippen LogP contribution < -0.4 is 10.3 Å². The maximum absolute atomic E-state index is 12.5. The summed E-state index contributed by atoms with van der Waals surface area (Å²) in [6, 6.07) is 7.74. The number of benzene rings is 1. The summed E-state index contributed by atoms with van der Waals surface area (Å²) in [7, 11) is 1.64. The first-order valence-electron chi connectivity index (χ1n) is 9.16. The number of methoxy groups -OCH3 is 1. The van der Waals surface area contributed by atoms with Gasteiger partial charge in [0.25, 0.3) is 5.56 Å². The molecule has 1 aromatic carbocycles. The Hall–Kier alpha value is -2.63. The molecule has 0 radical (unpaired) electrons. The summed E-state index contributed by atoms with van der Waals surface area (Å²) < 4.78 is 5.17. The fraction of sp³-hybridized carbons (Fsp3) is 0.450. The van der Waals surface area contributed by atoms with Crippen molar-refractivity contribution in [2.24, 2.45) is 5.92 Å².